The van der Waals surface area contributed by atoms with Gasteiger partial charge in [0.1, 0.15) is 5.75 Å². The molecule has 0 unspecified atom stereocenters. The lowest BCUT2D eigenvalue weighted by Gasteiger charge is -2.02. The fraction of sp³-hybridized carbons (Fsp3) is 0.231. The Hall–Kier alpha value is -1.35. The molecule has 0 saturated carbocycles. The average Bonchev–Trinajstić information content (AvgIpc) is 2.27. The summed E-state index contributed by atoms with van der Waals surface area (Å²) in [5, 5.41) is 1.57. The van der Waals surface area contributed by atoms with Crippen LogP contribution in [0.4, 0.5) is 0 Å². The smallest absolute Gasteiger partial charge is 0.118 e. The van der Waals surface area contributed by atoms with Gasteiger partial charge in [-0.15, -0.1) is 19.2 Å². The van der Waals surface area contributed by atoms with Crippen LogP contribution in [0.3, 0.4) is 0 Å². The van der Waals surface area contributed by atoms with Crippen LogP contribution < -0.4 is 10.5 Å². The molecule has 0 aliphatic rings. The minimum Gasteiger partial charge on any atom is -0.497 e. The molecule has 0 saturated heterocycles. The van der Waals surface area contributed by atoms with Gasteiger partial charge in [0.15, 0.2) is 0 Å². The van der Waals surface area contributed by atoms with Crippen molar-refractivity contribution in [3.63, 3.8) is 0 Å². The van der Waals surface area contributed by atoms with Gasteiger partial charge in [-0.1, -0.05) is 5.57 Å². The van der Waals surface area contributed by atoms with Crippen LogP contribution in [0, 0.1) is 0 Å². The van der Waals surface area contributed by atoms with Crippen LogP contribution in [0.1, 0.15) is 19.4 Å². The normalized spacial score (nSPS) is 10.1. The highest BCUT2D eigenvalue weighted by atomic mass is 32.1. The summed E-state index contributed by atoms with van der Waals surface area (Å²) in [5.41, 5.74) is 8.40. The molecular formula is C13H19NOS. The van der Waals surface area contributed by atoms with Crippen LogP contribution in [-0.4, -0.2) is 7.11 Å². The van der Waals surface area contributed by atoms with E-state index in [1.54, 1.807) is 12.5 Å². The van der Waals surface area contributed by atoms with Crippen molar-refractivity contribution in [2.45, 2.75) is 13.8 Å². The zero-order valence-electron chi connectivity index (χ0n) is 10.0. The first kappa shape index (κ1) is 14.6. The van der Waals surface area contributed by atoms with Crippen molar-refractivity contribution in [1.82, 2.24) is 0 Å². The van der Waals surface area contributed by atoms with Crippen LogP contribution in [0.15, 0.2) is 41.8 Å². The SMILES string of the molecule is C=C(C)C.COc1ccc(/C(N)=C/S)cc1. The van der Waals surface area contributed by atoms with Gasteiger partial charge in [-0.3, -0.25) is 0 Å². The maximum Gasteiger partial charge on any atom is 0.118 e. The summed E-state index contributed by atoms with van der Waals surface area (Å²) in [4.78, 5) is 0. The van der Waals surface area contributed by atoms with Crippen LogP contribution in [-0.2, 0) is 0 Å². The molecule has 0 bridgehead atoms. The highest BCUT2D eigenvalue weighted by Crippen LogP contribution is 2.15. The van der Waals surface area contributed by atoms with Crippen molar-refractivity contribution < 1.29 is 4.74 Å². The highest BCUT2D eigenvalue weighted by Gasteiger charge is 1.95. The Balaban J connectivity index is 0.000000487. The zero-order valence-corrected chi connectivity index (χ0v) is 10.9. The third-order valence-electron chi connectivity index (χ3n) is 1.56. The molecule has 2 nitrogen and oxygen atoms in total. The van der Waals surface area contributed by atoms with Crippen molar-refractivity contribution in [2.24, 2.45) is 5.73 Å². The maximum atomic E-state index is 5.63. The summed E-state index contributed by atoms with van der Waals surface area (Å²) in [6.07, 6.45) is 0. The van der Waals surface area contributed by atoms with E-state index in [1.165, 1.54) is 5.57 Å². The molecule has 88 valence electrons. The van der Waals surface area contributed by atoms with Gasteiger partial charge in [-0.25, -0.2) is 0 Å². The molecule has 3 heteroatoms. The van der Waals surface area contributed by atoms with E-state index in [4.69, 9.17) is 10.5 Å². The molecule has 0 fully saturated rings. The van der Waals surface area contributed by atoms with Gasteiger partial charge < -0.3 is 10.5 Å². The number of rotatable bonds is 2. The van der Waals surface area contributed by atoms with E-state index < -0.39 is 0 Å². The average molecular weight is 237 g/mol. The molecule has 16 heavy (non-hydrogen) atoms. The number of allylic oxidation sites excluding steroid dienone is 1. The van der Waals surface area contributed by atoms with Crippen LogP contribution in [0.25, 0.3) is 5.70 Å². The molecule has 0 aliphatic heterocycles. The summed E-state index contributed by atoms with van der Waals surface area (Å²) < 4.78 is 5.00. The highest BCUT2D eigenvalue weighted by molar-refractivity contribution is 7.83. The van der Waals surface area contributed by atoms with Gasteiger partial charge in [0.25, 0.3) is 0 Å². The van der Waals surface area contributed by atoms with E-state index in [0.29, 0.717) is 5.70 Å². The second kappa shape index (κ2) is 7.88. The van der Waals surface area contributed by atoms with Gasteiger partial charge in [0.2, 0.25) is 0 Å². The standard InChI is InChI=1S/C9H11NOS.C4H8/c1-11-8-4-2-7(3-5-8)9(10)6-12;1-4(2)3/h2-6,12H,10H2,1H3;1H2,2-3H3/b9-6-;. The van der Waals surface area contributed by atoms with Gasteiger partial charge in [0.05, 0.1) is 7.11 Å². The van der Waals surface area contributed by atoms with Crippen molar-refractivity contribution in [3.8, 4) is 5.75 Å². The van der Waals surface area contributed by atoms with Crippen molar-refractivity contribution in [3.05, 3.63) is 47.4 Å². The first-order valence-electron chi connectivity index (χ1n) is 4.87. The first-order chi connectivity index (χ1) is 7.51. The number of hydrogen-bond donors (Lipinski definition) is 2. The predicted octanol–water partition coefficient (Wildman–Crippen LogP) is 3.46. The Kier molecular flexibility index (Phi) is 7.21. The van der Waals surface area contributed by atoms with E-state index in [1.807, 2.05) is 38.1 Å². The molecule has 1 aromatic rings. The topological polar surface area (TPSA) is 35.2 Å². The van der Waals surface area contributed by atoms with Crippen molar-refractivity contribution in [1.29, 1.82) is 0 Å². The molecule has 1 aromatic carbocycles. The minimum absolute atomic E-state index is 0.654. The van der Waals surface area contributed by atoms with E-state index in [0.717, 1.165) is 11.3 Å². The van der Waals surface area contributed by atoms with Crippen molar-refractivity contribution in [2.75, 3.05) is 7.11 Å². The second-order valence-corrected chi connectivity index (χ2v) is 3.78. The Morgan fingerprint density at radius 2 is 1.75 bits per heavy atom. The Bertz CT molecular complexity index is 351. The Morgan fingerprint density at radius 1 is 1.31 bits per heavy atom. The molecule has 0 spiro atoms. The number of thiol groups is 1. The lowest BCUT2D eigenvalue weighted by Crippen LogP contribution is -1.94. The van der Waals surface area contributed by atoms with Crippen molar-refractivity contribution >= 4 is 18.3 Å². The molecule has 0 amide bonds. The third-order valence-corrected chi connectivity index (χ3v) is 1.84. The number of methoxy groups -OCH3 is 1. The lowest BCUT2D eigenvalue weighted by molar-refractivity contribution is 0.415. The molecule has 1 rings (SSSR count). The monoisotopic (exact) mass is 237 g/mol. The minimum atomic E-state index is 0.654. The Labute approximate surface area is 103 Å². The third kappa shape index (κ3) is 6.19. The fourth-order valence-corrected chi connectivity index (χ4v) is 1.01. The number of nitrogens with two attached hydrogens (primary N) is 1. The van der Waals surface area contributed by atoms with Crippen LogP contribution >= 0.6 is 12.6 Å². The van der Waals surface area contributed by atoms with E-state index in [9.17, 15) is 0 Å². The molecule has 0 radical (unpaired) electrons. The van der Waals surface area contributed by atoms with Gasteiger partial charge in [0, 0.05) is 5.70 Å². The first-order valence-corrected chi connectivity index (χ1v) is 5.39. The molecule has 0 atom stereocenters. The van der Waals surface area contributed by atoms with E-state index in [-0.39, 0.29) is 0 Å². The summed E-state index contributed by atoms with van der Waals surface area (Å²) in [6.45, 7) is 7.50. The van der Waals surface area contributed by atoms with Gasteiger partial charge in [-0.2, -0.15) is 0 Å². The van der Waals surface area contributed by atoms with Crippen LogP contribution in [0.2, 0.25) is 0 Å². The number of ether oxygens (including phenoxy) is 1. The fourth-order valence-electron chi connectivity index (χ4n) is 0.858. The Morgan fingerprint density at radius 3 is 2.06 bits per heavy atom. The summed E-state index contributed by atoms with van der Waals surface area (Å²) >= 11 is 3.96. The maximum absolute atomic E-state index is 5.63. The summed E-state index contributed by atoms with van der Waals surface area (Å²) in [6, 6.07) is 7.50. The summed E-state index contributed by atoms with van der Waals surface area (Å²) in [7, 11) is 1.63. The van der Waals surface area contributed by atoms with E-state index >= 15 is 0 Å². The molecule has 2 N–H and O–H groups in total. The second-order valence-electron chi connectivity index (χ2n) is 3.52. The largest absolute Gasteiger partial charge is 0.497 e. The lowest BCUT2D eigenvalue weighted by atomic mass is 10.2. The molecular weight excluding hydrogens is 218 g/mol. The quantitative estimate of drug-likeness (QED) is 0.610. The van der Waals surface area contributed by atoms with Gasteiger partial charge >= 0.3 is 0 Å². The molecule has 0 aromatic heterocycles. The zero-order chi connectivity index (χ0) is 12.6. The van der Waals surface area contributed by atoms with Gasteiger partial charge in [-0.05, 0) is 49.1 Å². The number of hydrogen-bond acceptors (Lipinski definition) is 3. The number of benzene rings is 1. The van der Waals surface area contributed by atoms with E-state index in [2.05, 4.69) is 19.2 Å². The molecule has 0 aliphatic carbocycles. The predicted molar refractivity (Wildman–Crippen MR) is 74.6 cm³/mol. The summed E-state index contributed by atoms with van der Waals surface area (Å²) in [5.74, 6) is 0.825. The van der Waals surface area contributed by atoms with Crippen LogP contribution in [0.5, 0.6) is 5.75 Å². The molecule has 0 heterocycles.